The molecule has 0 rings (SSSR count). The highest BCUT2D eigenvalue weighted by Crippen LogP contribution is 2.42. The number of aliphatic hydroxyl groups is 1. The van der Waals surface area contributed by atoms with Gasteiger partial charge in [-0.05, 0) is 35.9 Å². The zero-order valence-electron chi connectivity index (χ0n) is 13.5. The lowest BCUT2D eigenvalue weighted by atomic mass is 10.2. The van der Waals surface area contributed by atoms with E-state index in [0.29, 0.717) is 16.6 Å². The van der Waals surface area contributed by atoms with Gasteiger partial charge in [-0.2, -0.15) is 0 Å². The van der Waals surface area contributed by atoms with Gasteiger partial charge in [0, 0.05) is 6.61 Å². The summed E-state index contributed by atoms with van der Waals surface area (Å²) in [6.45, 7) is 16.7. The first-order valence-electron chi connectivity index (χ1n) is 7.60. The minimum atomic E-state index is -1.69. The second kappa shape index (κ2) is 8.34. The summed E-state index contributed by atoms with van der Waals surface area (Å²) in [7, 11) is -1.69. The van der Waals surface area contributed by atoms with Crippen molar-refractivity contribution in [1.29, 1.82) is 0 Å². The molecule has 0 saturated carbocycles. The molecule has 110 valence electrons. The van der Waals surface area contributed by atoms with E-state index in [1.54, 1.807) is 0 Å². The Morgan fingerprint density at radius 2 is 1.39 bits per heavy atom. The normalized spacial score (nSPS) is 14.8. The Bertz CT molecular complexity index is 193. The van der Waals surface area contributed by atoms with Gasteiger partial charge < -0.3 is 9.53 Å². The fourth-order valence-electron chi connectivity index (χ4n) is 3.27. The number of hydrogen-bond acceptors (Lipinski definition) is 2. The Labute approximate surface area is 115 Å². The van der Waals surface area contributed by atoms with Crippen LogP contribution in [0.1, 0.15) is 67.7 Å². The molecule has 1 N–H and O–H groups in total. The van der Waals surface area contributed by atoms with E-state index in [9.17, 15) is 5.11 Å². The van der Waals surface area contributed by atoms with E-state index >= 15 is 0 Å². The van der Waals surface area contributed by atoms with Crippen molar-refractivity contribution < 1.29 is 9.53 Å². The Morgan fingerprint density at radius 3 is 1.72 bits per heavy atom. The van der Waals surface area contributed by atoms with Gasteiger partial charge in [-0.1, -0.05) is 48.5 Å². The van der Waals surface area contributed by atoms with Gasteiger partial charge in [0.15, 0.2) is 8.32 Å². The zero-order valence-corrected chi connectivity index (χ0v) is 14.5. The minimum absolute atomic E-state index is 0.151. The second-order valence-electron chi connectivity index (χ2n) is 6.37. The van der Waals surface area contributed by atoms with Crippen LogP contribution in [0.2, 0.25) is 16.6 Å². The van der Waals surface area contributed by atoms with Crippen molar-refractivity contribution in [3.63, 3.8) is 0 Å². The van der Waals surface area contributed by atoms with Crippen LogP contribution in [0.4, 0.5) is 0 Å². The first-order chi connectivity index (χ1) is 8.28. The first-order valence-corrected chi connectivity index (χ1v) is 9.75. The third-order valence-electron chi connectivity index (χ3n) is 4.21. The third kappa shape index (κ3) is 4.67. The molecule has 0 bridgehead atoms. The van der Waals surface area contributed by atoms with E-state index in [2.05, 4.69) is 41.5 Å². The molecule has 0 radical (unpaired) electrons. The fourth-order valence-corrected chi connectivity index (χ4v) is 8.77. The summed E-state index contributed by atoms with van der Waals surface area (Å²) in [5, 5.41) is 9.57. The van der Waals surface area contributed by atoms with E-state index in [-0.39, 0.29) is 6.10 Å². The summed E-state index contributed by atoms with van der Waals surface area (Å²) in [6, 6.07) is 0. The molecule has 3 heteroatoms. The molecule has 0 spiro atoms. The smallest absolute Gasteiger partial charge is 0.200 e. The van der Waals surface area contributed by atoms with Gasteiger partial charge in [0.1, 0.15) is 0 Å². The molecule has 18 heavy (non-hydrogen) atoms. The highest BCUT2D eigenvalue weighted by atomic mass is 28.4. The average Bonchev–Trinajstić information content (AvgIpc) is 2.27. The molecule has 1 atom stereocenters. The summed E-state index contributed by atoms with van der Waals surface area (Å²) in [6.07, 6.45) is 2.55. The highest BCUT2D eigenvalue weighted by molar-refractivity contribution is 6.77. The van der Waals surface area contributed by atoms with Crippen molar-refractivity contribution in [1.82, 2.24) is 0 Å². The van der Waals surface area contributed by atoms with Gasteiger partial charge in [0.25, 0.3) is 0 Å². The van der Waals surface area contributed by atoms with Gasteiger partial charge in [0.05, 0.1) is 6.10 Å². The summed E-state index contributed by atoms with van der Waals surface area (Å²) < 4.78 is 6.44. The van der Waals surface area contributed by atoms with E-state index < -0.39 is 8.32 Å². The second-order valence-corrected chi connectivity index (χ2v) is 11.8. The highest BCUT2D eigenvalue weighted by Gasteiger charge is 2.44. The molecule has 0 saturated heterocycles. The van der Waals surface area contributed by atoms with Crippen LogP contribution in [0.25, 0.3) is 0 Å². The Morgan fingerprint density at radius 1 is 0.944 bits per heavy atom. The van der Waals surface area contributed by atoms with E-state index in [1.807, 2.05) is 6.92 Å². The van der Waals surface area contributed by atoms with Crippen molar-refractivity contribution in [2.45, 2.75) is 90.5 Å². The molecule has 0 amide bonds. The van der Waals surface area contributed by atoms with Crippen molar-refractivity contribution in [2.75, 3.05) is 6.61 Å². The van der Waals surface area contributed by atoms with Gasteiger partial charge in [-0.3, -0.25) is 0 Å². The van der Waals surface area contributed by atoms with E-state index in [0.717, 1.165) is 25.9 Å². The van der Waals surface area contributed by atoms with Gasteiger partial charge >= 0.3 is 0 Å². The molecule has 0 fully saturated rings. The van der Waals surface area contributed by atoms with Crippen molar-refractivity contribution >= 4 is 8.32 Å². The third-order valence-corrected chi connectivity index (χ3v) is 10.3. The number of hydrogen-bond donors (Lipinski definition) is 1. The largest absolute Gasteiger partial charge is 0.416 e. The predicted octanol–water partition coefficient (Wildman–Crippen LogP) is 4.73. The predicted molar refractivity (Wildman–Crippen MR) is 82.5 cm³/mol. The quantitative estimate of drug-likeness (QED) is 0.486. The van der Waals surface area contributed by atoms with Crippen molar-refractivity contribution in [3.8, 4) is 0 Å². The van der Waals surface area contributed by atoms with Crippen LogP contribution >= 0.6 is 0 Å². The standard InChI is InChI=1S/C15H34O2Si/c1-8-15(16)10-9-11-17-18(12(2)3,13(4)5)14(6)7/h12-16H,8-11H2,1-7H3. The molecule has 0 aliphatic rings. The lowest BCUT2D eigenvalue weighted by Gasteiger charge is -2.42. The molecule has 0 aromatic rings. The number of aliphatic hydroxyl groups excluding tert-OH is 1. The van der Waals surface area contributed by atoms with Crippen molar-refractivity contribution in [3.05, 3.63) is 0 Å². The summed E-state index contributed by atoms with van der Waals surface area (Å²) in [5.74, 6) is 0. The fraction of sp³-hybridized carbons (Fsp3) is 1.00. The summed E-state index contributed by atoms with van der Waals surface area (Å²) in [5.41, 5.74) is 1.94. The Kier molecular flexibility index (Phi) is 8.40. The number of rotatable bonds is 9. The molecule has 0 aromatic heterocycles. The average molecular weight is 275 g/mol. The van der Waals surface area contributed by atoms with Gasteiger partial charge in [-0.15, -0.1) is 0 Å². The molecule has 0 aliphatic heterocycles. The summed E-state index contributed by atoms with van der Waals surface area (Å²) in [4.78, 5) is 0. The van der Waals surface area contributed by atoms with Crippen LogP contribution in [0, 0.1) is 0 Å². The molecule has 0 aromatic carbocycles. The van der Waals surface area contributed by atoms with Crippen LogP contribution in [0.5, 0.6) is 0 Å². The van der Waals surface area contributed by atoms with Crippen LogP contribution in [0.3, 0.4) is 0 Å². The first kappa shape index (κ1) is 18.1. The summed E-state index contributed by atoms with van der Waals surface area (Å²) >= 11 is 0. The zero-order chi connectivity index (χ0) is 14.3. The molecule has 2 nitrogen and oxygen atoms in total. The maximum absolute atomic E-state index is 9.57. The van der Waals surface area contributed by atoms with Gasteiger partial charge in [0.2, 0.25) is 0 Å². The van der Waals surface area contributed by atoms with E-state index in [4.69, 9.17) is 4.43 Å². The lowest BCUT2D eigenvalue weighted by Crippen LogP contribution is -2.48. The van der Waals surface area contributed by atoms with Crippen LogP contribution in [-0.2, 0) is 4.43 Å². The van der Waals surface area contributed by atoms with Gasteiger partial charge in [-0.25, -0.2) is 0 Å². The maximum Gasteiger partial charge on any atom is 0.200 e. The molecule has 0 heterocycles. The molecule has 1 unspecified atom stereocenters. The molecule has 0 aliphatic carbocycles. The van der Waals surface area contributed by atoms with Crippen LogP contribution in [-0.4, -0.2) is 26.1 Å². The molecular formula is C15H34O2Si. The monoisotopic (exact) mass is 274 g/mol. The molecular weight excluding hydrogens is 240 g/mol. The maximum atomic E-state index is 9.57. The van der Waals surface area contributed by atoms with Crippen LogP contribution in [0.15, 0.2) is 0 Å². The SMILES string of the molecule is CCC(O)CCCO[Si](C(C)C)(C(C)C)C(C)C. The van der Waals surface area contributed by atoms with Crippen molar-refractivity contribution in [2.24, 2.45) is 0 Å². The van der Waals surface area contributed by atoms with Crippen LogP contribution < -0.4 is 0 Å². The minimum Gasteiger partial charge on any atom is -0.416 e. The Balaban J connectivity index is 4.43. The van der Waals surface area contributed by atoms with E-state index in [1.165, 1.54) is 0 Å². The topological polar surface area (TPSA) is 29.5 Å². The lowest BCUT2D eigenvalue weighted by molar-refractivity contribution is 0.146. The Hall–Kier alpha value is 0.137.